The van der Waals surface area contributed by atoms with Crippen LogP contribution in [0.4, 0.5) is 0 Å². The zero-order valence-electron chi connectivity index (χ0n) is 10.2. The molecular weight excluding hydrogens is 300 g/mol. The van der Waals surface area contributed by atoms with Crippen LogP contribution < -0.4 is 0 Å². The number of hydrogen-bond acceptors (Lipinski definition) is 2. The number of rotatable bonds is 3. The van der Waals surface area contributed by atoms with Gasteiger partial charge in [-0.05, 0) is 41.8 Å². The van der Waals surface area contributed by atoms with E-state index in [1.807, 2.05) is 42.5 Å². The third-order valence-corrected chi connectivity index (χ3v) is 3.45. The van der Waals surface area contributed by atoms with Gasteiger partial charge in [0.2, 0.25) is 0 Å². The average Bonchev–Trinajstić information content (AvgIpc) is 2.46. The SMILES string of the molecule is N#Cc1cccc(CC(C#N)c2ccc(Br)cc2)c1. The molecule has 0 saturated carbocycles. The monoisotopic (exact) mass is 310 g/mol. The van der Waals surface area contributed by atoms with Gasteiger partial charge in [0, 0.05) is 4.47 Å². The molecule has 0 saturated heterocycles. The number of nitriles is 2. The van der Waals surface area contributed by atoms with Crippen molar-refractivity contribution in [3.05, 3.63) is 69.7 Å². The van der Waals surface area contributed by atoms with Crippen molar-refractivity contribution >= 4 is 15.9 Å². The summed E-state index contributed by atoms with van der Waals surface area (Å²) in [5.41, 5.74) is 2.63. The molecule has 1 unspecified atom stereocenters. The first-order valence-corrected chi connectivity index (χ1v) is 6.66. The summed E-state index contributed by atoms with van der Waals surface area (Å²) < 4.78 is 0.999. The van der Waals surface area contributed by atoms with Crippen LogP contribution in [0.15, 0.2) is 53.0 Å². The van der Waals surface area contributed by atoms with Gasteiger partial charge in [-0.15, -0.1) is 0 Å². The molecule has 0 aliphatic heterocycles. The van der Waals surface area contributed by atoms with Gasteiger partial charge in [-0.1, -0.05) is 40.2 Å². The Hall–Kier alpha value is -2.10. The average molecular weight is 311 g/mol. The number of benzene rings is 2. The Labute approximate surface area is 121 Å². The largest absolute Gasteiger partial charge is 0.198 e. The molecule has 2 aromatic rings. The van der Waals surface area contributed by atoms with E-state index in [1.54, 1.807) is 6.07 Å². The lowest BCUT2D eigenvalue weighted by Gasteiger charge is -2.10. The van der Waals surface area contributed by atoms with Crippen molar-refractivity contribution in [1.82, 2.24) is 0 Å². The van der Waals surface area contributed by atoms with Crippen molar-refractivity contribution < 1.29 is 0 Å². The van der Waals surface area contributed by atoms with Crippen LogP contribution in [0.5, 0.6) is 0 Å². The van der Waals surface area contributed by atoms with Gasteiger partial charge in [0.05, 0.1) is 23.6 Å². The maximum atomic E-state index is 9.31. The Balaban J connectivity index is 2.22. The zero-order valence-corrected chi connectivity index (χ0v) is 11.8. The maximum absolute atomic E-state index is 9.31. The highest BCUT2D eigenvalue weighted by Crippen LogP contribution is 2.22. The first-order chi connectivity index (χ1) is 9.22. The normalized spacial score (nSPS) is 11.3. The molecule has 92 valence electrons. The predicted molar refractivity (Wildman–Crippen MR) is 77.4 cm³/mol. The van der Waals surface area contributed by atoms with Gasteiger partial charge in [0.25, 0.3) is 0 Å². The van der Waals surface area contributed by atoms with Gasteiger partial charge in [-0.25, -0.2) is 0 Å². The van der Waals surface area contributed by atoms with Crippen LogP contribution in [0.25, 0.3) is 0 Å². The van der Waals surface area contributed by atoms with Crippen molar-refractivity contribution in [3.63, 3.8) is 0 Å². The Morgan fingerprint density at radius 3 is 2.42 bits per heavy atom. The fourth-order valence-corrected chi connectivity index (χ4v) is 2.20. The molecular formula is C16H11BrN2. The molecule has 0 amide bonds. The van der Waals surface area contributed by atoms with Crippen LogP contribution >= 0.6 is 15.9 Å². The van der Waals surface area contributed by atoms with E-state index in [0.29, 0.717) is 12.0 Å². The Morgan fingerprint density at radius 1 is 1.05 bits per heavy atom. The highest BCUT2D eigenvalue weighted by molar-refractivity contribution is 9.10. The zero-order chi connectivity index (χ0) is 13.7. The molecule has 2 nitrogen and oxygen atoms in total. The number of nitrogens with zero attached hydrogens (tertiary/aromatic N) is 2. The molecule has 2 aromatic carbocycles. The molecule has 0 aliphatic rings. The van der Waals surface area contributed by atoms with E-state index in [2.05, 4.69) is 28.1 Å². The third-order valence-electron chi connectivity index (χ3n) is 2.92. The van der Waals surface area contributed by atoms with Crippen LogP contribution in [-0.2, 0) is 6.42 Å². The van der Waals surface area contributed by atoms with Gasteiger partial charge in [0.15, 0.2) is 0 Å². The van der Waals surface area contributed by atoms with Crippen molar-refractivity contribution in [2.24, 2.45) is 0 Å². The minimum atomic E-state index is -0.193. The molecule has 0 N–H and O–H groups in total. The van der Waals surface area contributed by atoms with E-state index in [4.69, 9.17) is 5.26 Å². The standard InChI is InChI=1S/C16H11BrN2/c17-16-6-4-14(5-7-16)15(11-19)9-12-2-1-3-13(8-12)10-18/h1-8,15H,9H2. The lowest BCUT2D eigenvalue weighted by Crippen LogP contribution is -2.00. The van der Waals surface area contributed by atoms with E-state index in [0.717, 1.165) is 15.6 Å². The molecule has 0 heterocycles. The van der Waals surface area contributed by atoms with Crippen molar-refractivity contribution in [2.45, 2.75) is 12.3 Å². The predicted octanol–water partition coefficient (Wildman–Crippen LogP) is 4.17. The second kappa shape index (κ2) is 6.18. The fraction of sp³-hybridized carbons (Fsp3) is 0.125. The summed E-state index contributed by atoms with van der Waals surface area (Å²) in [5, 5.41) is 18.2. The lowest BCUT2D eigenvalue weighted by molar-refractivity contribution is 0.848. The summed E-state index contributed by atoms with van der Waals surface area (Å²) in [6, 6.07) is 19.6. The van der Waals surface area contributed by atoms with Crippen LogP contribution in [0.2, 0.25) is 0 Å². The second-order valence-electron chi connectivity index (χ2n) is 4.25. The first kappa shape index (κ1) is 13.3. The molecule has 19 heavy (non-hydrogen) atoms. The van der Waals surface area contributed by atoms with Gasteiger partial charge in [-0.3, -0.25) is 0 Å². The van der Waals surface area contributed by atoms with E-state index in [-0.39, 0.29) is 5.92 Å². The molecule has 3 heteroatoms. The highest BCUT2D eigenvalue weighted by Gasteiger charge is 2.11. The van der Waals surface area contributed by atoms with E-state index in [1.165, 1.54) is 0 Å². The molecule has 2 rings (SSSR count). The summed E-state index contributed by atoms with van der Waals surface area (Å²) in [6.07, 6.45) is 0.619. The second-order valence-corrected chi connectivity index (χ2v) is 5.17. The summed E-state index contributed by atoms with van der Waals surface area (Å²) in [7, 11) is 0. The molecule has 0 aromatic heterocycles. The van der Waals surface area contributed by atoms with Gasteiger partial charge in [-0.2, -0.15) is 10.5 Å². The van der Waals surface area contributed by atoms with Crippen molar-refractivity contribution in [1.29, 1.82) is 10.5 Å². The minimum absolute atomic E-state index is 0.193. The van der Waals surface area contributed by atoms with Crippen molar-refractivity contribution in [3.8, 4) is 12.1 Å². The molecule has 0 radical (unpaired) electrons. The first-order valence-electron chi connectivity index (χ1n) is 5.87. The summed E-state index contributed by atoms with van der Waals surface area (Å²) in [5.74, 6) is -0.193. The van der Waals surface area contributed by atoms with Crippen molar-refractivity contribution in [2.75, 3.05) is 0 Å². The Bertz CT molecular complexity index is 648. The van der Waals surface area contributed by atoms with Crippen LogP contribution in [0, 0.1) is 22.7 Å². The quantitative estimate of drug-likeness (QED) is 0.854. The molecule has 0 bridgehead atoms. The third kappa shape index (κ3) is 3.44. The van der Waals surface area contributed by atoms with Crippen LogP contribution in [0.3, 0.4) is 0 Å². The van der Waals surface area contributed by atoms with Crippen LogP contribution in [0.1, 0.15) is 22.6 Å². The maximum Gasteiger partial charge on any atom is 0.0991 e. The van der Waals surface area contributed by atoms with Crippen LogP contribution in [-0.4, -0.2) is 0 Å². The van der Waals surface area contributed by atoms with Gasteiger partial charge in [0.1, 0.15) is 0 Å². The van der Waals surface area contributed by atoms with Gasteiger partial charge < -0.3 is 0 Å². The molecule has 0 fully saturated rings. The van der Waals surface area contributed by atoms with E-state index >= 15 is 0 Å². The lowest BCUT2D eigenvalue weighted by atomic mass is 9.93. The summed E-state index contributed by atoms with van der Waals surface area (Å²) >= 11 is 3.38. The number of hydrogen-bond donors (Lipinski definition) is 0. The number of halogens is 1. The topological polar surface area (TPSA) is 47.6 Å². The summed E-state index contributed by atoms with van der Waals surface area (Å²) in [6.45, 7) is 0. The smallest absolute Gasteiger partial charge is 0.0991 e. The molecule has 1 atom stereocenters. The molecule has 0 spiro atoms. The Kier molecular flexibility index (Phi) is 4.34. The van der Waals surface area contributed by atoms with E-state index in [9.17, 15) is 5.26 Å². The minimum Gasteiger partial charge on any atom is -0.198 e. The van der Waals surface area contributed by atoms with E-state index < -0.39 is 0 Å². The molecule has 0 aliphatic carbocycles. The summed E-state index contributed by atoms with van der Waals surface area (Å²) in [4.78, 5) is 0. The van der Waals surface area contributed by atoms with Gasteiger partial charge >= 0.3 is 0 Å². The Morgan fingerprint density at radius 2 is 1.79 bits per heavy atom. The fourth-order valence-electron chi connectivity index (χ4n) is 1.94. The highest BCUT2D eigenvalue weighted by atomic mass is 79.9.